The van der Waals surface area contributed by atoms with Gasteiger partial charge < -0.3 is 11.1 Å². The van der Waals surface area contributed by atoms with E-state index in [4.69, 9.17) is 17.3 Å². The van der Waals surface area contributed by atoms with Crippen LogP contribution in [-0.2, 0) is 22.4 Å². The van der Waals surface area contributed by atoms with E-state index in [0.29, 0.717) is 35.6 Å². The monoisotopic (exact) mass is 375 g/mol. The molecule has 0 spiro atoms. The highest BCUT2D eigenvalue weighted by Crippen LogP contribution is 2.19. The Kier molecular flexibility index (Phi) is 5.88. The number of rotatable bonds is 7. The minimum absolute atomic E-state index is 0.00833. The number of carbonyl (C=O) groups excluding carboxylic acids is 2. The van der Waals surface area contributed by atoms with Gasteiger partial charge >= 0.3 is 0 Å². The second-order valence-electron chi connectivity index (χ2n) is 6.53. The Balaban J connectivity index is 1.74. The highest BCUT2D eigenvalue weighted by atomic mass is 35.5. The molecular formula is C18H22ClN5O2. The third kappa shape index (κ3) is 4.82. The molecule has 26 heavy (non-hydrogen) atoms. The summed E-state index contributed by atoms with van der Waals surface area (Å²) in [6, 6.07) is 7.46. The molecular weight excluding hydrogens is 354 g/mol. The summed E-state index contributed by atoms with van der Waals surface area (Å²) in [5, 5.41) is 7.99. The number of halogens is 1. The molecule has 138 valence electrons. The molecule has 1 saturated carbocycles. The van der Waals surface area contributed by atoms with E-state index in [-0.39, 0.29) is 12.3 Å². The number of primary amides is 1. The molecule has 8 heteroatoms. The summed E-state index contributed by atoms with van der Waals surface area (Å²) in [7, 11) is 0. The van der Waals surface area contributed by atoms with Crippen LogP contribution in [0, 0.1) is 0 Å². The fourth-order valence-electron chi connectivity index (χ4n) is 3.19. The minimum Gasteiger partial charge on any atom is -0.369 e. The molecule has 0 bridgehead atoms. The Bertz CT molecular complexity index is 799. The summed E-state index contributed by atoms with van der Waals surface area (Å²) >= 11 is 6.06. The van der Waals surface area contributed by atoms with Crippen molar-refractivity contribution in [3.05, 3.63) is 40.9 Å². The van der Waals surface area contributed by atoms with E-state index in [2.05, 4.69) is 15.4 Å². The van der Waals surface area contributed by atoms with Gasteiger partial charge in [-0.05, 0) is 31.0 Å². The number of nitrogens with zero attached hydrogens (tertiary/aromatic N) is 3. The van der Waals surface area contributed by atoms with Gasteiger partial charge in [-0.2, -0.15) is 5.10 Å². The van der Waals surface area contributed by atoms with Crippen molar-refractivity contribution in [2.75, 3.05) is 0 Å². The molecule has 2 amide bonds. The summed E-state index contributed by atoms with van der Waals surface area (Å²) in [5.41, 5.74) is 5.98. The van der Waals surface area contributed by atoms with Crippen LogP contribution in [-0.4, -0.2) is 32.6 Å². The molecule has 7 nitrogen and oxygen atoms in total. The van der Waals surface area contributed by atoms with Crippen LogP contribution in [0.2, 0.25) is 5.02 Å². The van der Waals surface area contributed by atoms with Crippen molar-refractivity contribution >= 4 is 23.4 Å². The second-order valence-corrected chi connectivity index (χ2v) is 6.96. The van der Waals surface area contributed by atoms with Gasteiger partial charge in [0.05, 0.1) is 12.1 Å². The van der Waals surface area contributed by atoms with E-state index in [1.54, 1.807) is 16.8 Å². The smallest absolute Gasteiger partial charge is 0.225 e. The van der Waals surface area contributed by atoms with E-state index in [0.717, 1.165) is 18.5 Å². The molecule has 1 aliphatic carbocycles. The van der Waals surface area contributed by atoms with Crippen LogP contribution in [0.1, 0.15) is 43.8 Å². The Morgan fingerprint density at radius 2 is 2.08 bits per heavy atom. The predicted octanol–water partition coefficient (Wildman–Crippen LogP) is 1.94. The lowest BCUT2D eigenvalue weighted by molar-refractivity contribution is -0.121. The minimum atomic E-state index is -0.501. The molecule has 0 atom stereocenters. The summed E-state index contributed by atoms with van der Waals surface area (Å²) in [4.78, 5) is 27.8. The first-order valence-corrected chi connectivity index (χ1v) is 9.17. The number of aryl methyl sites for hydroxylation is 1. The van der Waals surface area contributed by atoms with E-state index in [1.807, 2.05) is 12.1 Å². The summed E-state index contributed by atoms with van der Waals surface area (Å²) < 4.78 is 1.62. The van der Waals surface area contributed by atoms with Gasteiger partial charge in [-0.3, -0.25) is 9.59 Å². The summed E-state index contributed by atoms with van der Waals surface area (Å²) in [5.74, 6) is 0.446. The zero-order chi connectivity index (χ0) is 18.5. The van der Waals surface area contributed by atoms with Crippen molar-refractivity contribution in [1.29, 1.82) is 0 Å². The van der Waals surface area contributed by atoms with Gasteiger partial charge in [-0.25, -0.2) is 9.67 Å². The van der Waals surface area contributed by atoms with E-state index >= 15 is 0 Å². The average molecular weight is 376 g/mol. The molecule has 0 radical (unpaired) electrons. The molecule has 0 saturated heterocycles. The van der Waals surface area contributed by atoms with Gasteiger partial charge in [-0.15, -0.1) is 0 Å². The third-order valence-electron chi connectivity index (χ3n) is 4.40. The lowest BCUT2D eigenvalue weighted by atomic mass is 10.2. The molecule has 1 aromatic heterocycles. The second kappa shape index (κ2) is 8.31. The topological polar surface area (TPSA) is 103 Å². The number of hydrogen-bond donors (Lipinski definition) is 2. The number of aromatic nitrogens is 3. The van der Waals surface area contributed by atoms with Gasteiger partial charge in [0, 0.05) is 23.9 Å². The van der Waals surface area contributed by atoms with Crippen LogP contribution in [0.3, 0.4) is 0 Å². The van der Waals surface area contributed by atoms with Gasteiger partial charge in [-0.1, -0.05) is 30.5 Å². The van der Waals surface area contributed by atoms with E-state index in [9.17, 15) is 9.59 Å². The zero-order valence-electron chi connectivity index (χ0n) is 14.4. The number of benzene rings is 1. The lowest BCUT2D eigenvalue weighted by Crippen LogP contribution is -2.32. The molecule has 1 aliphatic rings. The van der Waals surface area contributed by atoms with Gasteiger partial charge in [0.1, 0.15) is 5.82 Å². The standard InChI is InChI=1S/C18H22ClN5O2/c19-12-4-3-7-14(10-12)24-17(22-16(23-24)11-15(20)25)8-9-18(26)21-13-5-1-2-6-13/h3-4,7,10,13H,1-2,5-6,8-9,11H2,(H2,20,25)(H,21,26). The number of nitrogens with two attached hydrogens (primary N) is 1. The first kappa shape index (κ1) is 18.4. The number of nitrogens with one attached hydrogen (secondary N) is 1. The summed E-state index contributed by atoms with van der Waals surface area (Å²) in [6.45, 7) is 0. The third-order valence-corrected chi connectivity index (χ3v) is 4.63. The Morgan fingerprint density at radius 1 is 1.31 bits per heavy atom. The lowest BCUT2D eigenvalue weighted by Gasteiger charge is -2.11. The highest BCUT2D eigenvalue weighted by molar-refractivity contribution is 6.30. The fraction of sp³-hybridized carbons (Fsp3) is 0.444. The number of amides is 2. The Labute approximate surface area is 156 Å². The van der Waals surface area contributed by atoms with Gasteiger partial charge in [0.25, 0.3) is 0 Å². The quantitative estimate of drug-likeness (QED) is 0.771. The fourth-order valence-corrected chi connectivity index (χ4v) is 3.38. The SMILES string of the molecule is NC(=O)Cc1nc(CCC(=O)NC2CCCC2)n(-c2cccc(Cl)c2)n1. The highest BCUT2D eigenvalue weighted by Gasteiger charge is 2.19. The summed E-state index contributed by atoms with van der Waals surface area (Å²) in [6.07, 6.45) is 5.12. The number of hydrogen-bond acceptors (Lipinski definition) is 4. The maximum Gasteiger partial charge on any atom is 0.225 e. The maximum atomic E-state index is 12.2. The van der Waals surface area contributed by atoms with Crippen LogP contribution in [0.4, 0.5) is 0 Å². The molecule has 3 N–H and O–H groups in total. The van der Waals surface area contributed by atoms with Crippen LogP contribution < -0.4 is 11.1 Å². The van der Waals surface area contributed by atoms with Crippen LogP contribution >= 0.6 is 11.6 Å². The molecule has 0 aliphatic heterocycles. The van der Waals surface area contributed by atoms with Crippen molar-refractivity contribution in [2.24, 2.45) is 5.73 Å². The number of carbonyl (C=O) groups is 2. The van der Waals surface area contributed by atoms with Crippen LogP contribution in [0.25, 0.3) is 5.69 Å². The van der Waals surface area contributed by atoms with E-state index in [1.165, 1.54) is 12.8 Å². The molecule has 0 unspecified atom stereocenters. The van der Waals surface area contributed by atoms with Crippen molar-refractivity contribution in [2.45, 2.75) is 51.0 Å². The molecule has 3 rings (SSSR count). The van der Waals surface area contributed by atoms with Crippen molar-refractivity contribution in [3.63, 3.8) is 0 Å². The first-order valence-electron chi connectivity index (χ1n) is 8.79. The van der Waals surface area contributed by atoms with Crippen LogP contribution in [0.15, 0.2) is 24.3 Å². The van der Waals surface area contributed by atoms with Crippen molar-refractivity contribution in [1.82, 2.24) is 20.1 Å². The Morgan fingerprint density at radius 3 is 2.77 bits per heavy atom. The average Bonchev–Trinajstić information content (AvgIpc) is 3.22. The molecule has 1 heterocycles. The Hall–Kier alpha value is -2.41. The van der Waals surface area contributed by atoms with E-state index < -0.39 is 5.91 Å². The normalized spacial score (nSPS) is 14.5. The largest absolute Gasteiger partial charge is 0.369 e. The zero-order valence-corrected chi connectivity index (χ0v) is 15.2. The first-order chi connectivity index (χ1) is 12.5. The predicted molar refractivity (Wildman–Crippen MR) is 98.0 cm³/mol. The van der Waals surface area contributed by atoms with Crippen molar-refractivity contribution in [3.8, 4) is 5.69 Å². The molecule has 1 aromatic carbocycles. The van der Waals surface area contributed by atoms with Crippen LogP contribution in [0.5, 0.6) is 0 Å². The molecule has 1 fully saturated rings. The van der Waals surface area contributed by atoms with Gasteiger partial charge in [0.2, 0.25) is 11.8 Å². The van der Waals surface area contributed by atoms with Gasteiger partial charge in [0.15, 0.2) is 5.82 Å². The van der Waals surface area contributed by atoms with Crippen molar-refractivity contribution < 1.29 is 9.59 Å². The molecule has 2 aromatic rings. The maximum absolute atomic E-state index is 12.2.